The number of nitrogens with two attached hydrogens (primary N) is 1. The SMILES string of the molecule is CC(NC(=O)c1ccccc1SC(=O)NC1CCCC1)C(N)=O. The van der Waals surface area contributed by atoms with Gasteiger partial charge in [0, 0.05) is 10.9 Å². The summed E-state index contributed by atoms with van der Waals surface area (Å²) in [6.45, 7) is 1.52. The van der Waals surface area contributed by atoms with Crippen LogP contribution in [-0.2, 0) is 4.79 Å². The maximum Gasteiger partial charge on any atom is 0.284 e. The molecule has 1 aromatic rings. The summed E-state index contributed by atoms with van der Waals surface area (Å²) >= 11 is 0.994. The number of amides is 3. The molecule has 2 rings (SSSR count). The first kappa shape index (κ1) is 17.3. The Morgan fingerprint density at radius 3 is 2.52 bits per heavy atom. The van der Waals surface area contributed by atoms with Crippen LogP contribution in [0.1, 0.15) is 43.0 Å². The van der Waals surface area contributed by atoms with E-state index in [1.165, 1.54) is 6.92 Å². The Hall–Kier alpha value is -2.02. The summed E-state index contributed by atoms with van der Waals surface area (Å²) < 4.78 is 0. The molecule has 124 valence electrons. The van der Waals surface area contributed by atoms with E-state index in [2.05, 4.69) is 10.6 Å². The zero-order valence-corrected chi connectivity index (χ0v) is 13.8. The molecule has 4 N–H and O–H groups in total. The van der Waals surface area contributed by atoms with E-state index in [0.717, 1.165) is 37.4 Å². The molecule has 3 amide bonds. The number of carbonyl (C=O) groups excluding carboxylic acids is 3. The summed E-state index contributed by atoms with van der Waals surface area (Å²) in [6.07, 6.45) is 4.29. The fourth-order valence-electron chi connectivity index (χ4n) is 2.45. The van der Waals surface area contributed by atoms with Crippen molar-refractivity contribution in [3.63, 3.8) is 0 Å². The third-order valence-electron chi connectivity index (χ3n) is 3.79. The Balaban J connectivity index is 2.03. The first-order valence-electron chi connectivity index (χ1n) is 7.65. The lowest BCUT2D eigenvalue weighted by molar-refractivity contribution is -0.119. The second-order valence-electron chi connectivity index (χ2n) is 5.61. The van der Waals surface area contributed by atoms with Gasteiger partial charge in [-0.1, -0.05) is 25.0 Å². The highest BCUT2D eigenvalue weighted by Gasteiger charge is 2.21. The Kier molecular flexibility index (Phi) is 6.04. The van der Waals surface area contributed by atoms with Crippen molar-refractivity contribution in [1.29, 1.82) is 0 Å². The van der Waals surface area contributed by atoms with Crippen LogP contribution in [0.5, 0.6) is 0 Å². The van der Waals surface area contributed by atoms with Gasteiger partial charge in [-0.3, -0.25) is 14.4 Å². The van der Waals surface area contributed by atoms with Crippen molar-refractivity contribution in [2.75, 3.05) is 0 Å². The minimum Gasteiger partial charge on any atom is -0.368 e. The smallest absolute Gasteiger partial charge is 0.284 e. The first-order valence-corrected chi connectivity index (χ1v) is 8.46. The van der Waals surface area contributed by atoms with E-state index in [0.29, 0.717) is 10.5 Å². The number of hydrogen-bond acceptors (Lipinski definition) is 4. The molecule has 1 saturated carbocycles. The molecule has 6 nitrogen and oxygen atoms in total. The molecule has 0 heterocycles. The van der Waals surface area contributed by atoms with Crippen molar-refractivity contribution in [3.05, 3.63) is 29.8 Å². The van der Waals surface area contributed by atoms with Crippen LogP contribution in [0.3, 0.4) is 0 Å². The van der Waals surface area contributed by atoms with Crippen LogP contribution in [0.2, 0.25) is 0 Å². The van der Waals surface area contributed by atoms with Crippen molar-refractivity contribution in [3.8, 4) is 0 Å². The summed E-state index contributed by atoms with van der Waals surface area (Å²) in [4.78, 5) is 36.0. The molecule has 1 unspecified atom stereocenters. The minimum absolute atomic E-state index is 0.167. The summed E-state index contributed by atoms with van der Waals surface area (Å²) in [5.41, 5.74) is 5.50. The molecule has 1 aliphatic rings. The molecular formula is C16H21N3O3S. The molecule has 1 fully saturated rings. The van der Waals surface area contributed by atoms with Gasteiger partial charge in [-0.25, -0.2) is 0 Å². The van der Waals surface area contributed by atoms with Crippen molar-refractivity contribution in [1.82, 2.24) is 10.6 Å². The highest BCUT2D eigenvalue weighted by molar-refractivity contribution is 8.13. The van der Waals surface area contributed by atoms with Crippen LogP contribution < -0.4 is 16.4 Å². The van der Waals surface area contributed by atoms with Crippen molar-refractivity contribution in [2.45, 2.75) is 49.6 Å². The Bertz CT molecular complexity index is 600. The number of thioether (sulfide) groups is 1. The second kappa shape index (κ2) is 8.01. The number of benzene rings is 1. The van der Waals surface area contributed by atoms with Gasteiger partial charge in [-0.2, -0.15) is 0 Å². The Morgan fingerprint density at radius 2 is 1.87 bits per heavy atom. The van der Waals surface area contributed by atoms with Gasteiger partial charge in [0.2, 0.25) is 5.91 Å². The molecule has 0 bridgehead atoms. The van der Waals surface area contributed by atoms with Crippen LogP contribution in [0.15, 0.2) is 29.2 Å². The molecule has 0 aromatic heterocycles. The summed E-state index contributed by atoms with van der Waals surface area (Å²) in [7, 11) is 0. The summed E-state index contributed by atoms with van der Waals surface area (Å²) in [5, 5.41) is 5.33. The van der Waals surface area contributed by atoms with Crippen LogP contribution in [0.4, 0.5) is 4.79 Å². The van der Waals surface area contributed by atoms with E-state index >= 15 is 0 Å². The molecule has 1 atom stereocenters. The zero-order chi connectivity index (χ0) is 16.8. The fourth-order valence-corrected chi connectivity index (χ4v) is 3.30. The largest absolute Gasteiger partial charge is 0.368 e. The molecule has 0 aliphatic heterocycles. The van der Waals surface area contributed by atoms with Gasteiger partial charge >= 0.3 is 0 Å². The lowest BCUT2D eigenvalue weighted by atomic mass is 10.2. The lowest BCUT2D eigenvalue weighted by Gasteiger charge is -2.14. The third kappa shape index (κ3) is 4.99. The monoisotopic (exact) mass is 335 g/mol. The third-order valence-corrected chi connectivity index (χ3v) is 4.67. The van der Waals surface area contributed by atoms with Gasteiger partial charge in [0.25, 0.3) is 11.1 Å². The fraction of sp³-hybridized carbons (Fsp3) is 0.438. The molecule has 0 saturated heterocycles. The molecule has 0 spiro atoms. The minimum atomic E-state index is -0.770. The second-order valence-corrected chi connectivity index (χ2v) is 6.62. The summed E-state index contributed by atoms with van der Waals surface area (Å²) in [6, 6.07) is 6.26. The van der Waals surface area contributed by atoms with Crippen LogP contribution >= 0.6 is 11.8 Å². The molecule has 7 heteroatoms. The van der Waals surface area contributed by atoms with Gasteiger partial charge in [0.05, 0.1) is 5.56 Å². The maximum absolute atomic E-state index is 12.2. The quantitative estimate of drug-likeness (QED) is 0.717. The van der Waals surface area contributed by atoms with Gasteiger partial charge in [-0.05, 0) is 43.7 Å². The van der Waals surface area contributed by atoms with E-state index in [9.17, 15) is 14.4 Å². The number of hydrogen-bond donors (Lipinski definition) is 3. The zero-order valence-electron chi connectivity index (χ0n) is 13.0. The summed E-state index contributed by atoms with van der Waals surface area (Å²) in [5.74, 6) is -1.03. The van der Waals surface area contributed by atoms with Crippen molar-refractivity contribution >= 4 is 28.8 Å². The number of rotatable bonds is 5. The average molecular weight is 335 g/mol. The predicted octanol–water partition coefficient (Wildman–Crippen LogP) is 2.03. The van der Waals surface area contributed by atoms with Gasteiger partial charge in [0.15, 0.2) is 0 Å². The molecule has 1 aromatic carbocycles. The average Bonchev–Trinajstić information content (AvgIpc) is 3.00. The van der Waals surface area contributed by atoms with E-state index in [-0.39, 0.29) is 11.3 Å². The topological polar surface area (TPSA) is 101 Å². The molecule has 0 radical (unpaired) electrons. The van der Waals surface area contributed by atoms with Crippen LogP contribution in [0, 0.1) is 0 Å². The standard InChI is InChI=1S/C16H21N3O3S/c1-10(14(17)20)18-15(21)12-8-4-5-9-13(12)23-16(22)19-11-6-2-3-7-11/h4-5,8-11H,2-3,6-7H2,1H3,(H2,17,20)(H,18,21)(H,19,22). The van der Waals surface area contributed by atoms with Crippen LogP contribution in [-0.4, -0.2) is 29.1 Å². The van der Waals surface area contributed by atoms with Gasteiger partial charge in [0.1, 0.15) is 6.04 Å². The van der Waals surface area contributed by atoms with Crippen LogP contribution in [0.25, 0.3) is 0 Å². The van der Waals surface area contributed by atoms with Crippen molar-refractivity contribution < 1.29 is 14.4 Å². The van der Waals surface area contributed by atoms with E-state index in [1.807, 2.05) is 0 Å². The van der Waals surface area contributed by atoms with Gasteiger partial charge in [-0.15, -0.1) is 0 Å². The van der Waals surface area contributed by atoms with Crippen molar-refractivity contribution in [2.24, 2.45) is 5.73 Å². The highest BCUT2D eigenvalue weighted by atomic mass is 32.2. The first-order chi connectivity index (χ1) is 11.0. The van der Waals surface area contributed by atoms with E-state index in [1.54, 1.807) is 24.3 Å². The van der Waals surface area contributed by atoms with Gasteiger partial charge < -0.3 is 16.4 Å². The Morgan fingerprint density at radius 1 is 1.22 bits per heavy atom. The molecular weight excluding hydrogens is 314 g/mol. The molecule has 23 heavy (non-hydrogen) atoms. The highest BCUT2D eigenvalue weighted by Crippen LogP contribution is 2.25. The maximum atomic E-state index is 12.2. The number of primary amides is 1. The lowest BCUT2D eigenvalue weighted by Crippen LogP contribution is -2.42. The predicted molar refractivity (Wildman–Crippen MR) is 89.2 cm³/mol. The van der Waals surface area contributed by atoms with E-state index < -0.39 is 17.9 Å². The molecule has 1 aliphatic carbocycles. The number of carbonyl (C=O) groups is 3. The van der Waals surface area contributed by atoms with E-state index in [4.69, 9.17) is 5.73 Å². The number of nitrogens with one attached hydrogen (secondary N) is 2. The Labute approximate surface area is 139 Å². The normalized spacial score (nSPS) is 15.9.